The van der Waals surface area contributed by atoms with Gasteiger partial charge in [-0.15, -0.1) is 0 Å². The summed E-state index contributed by atoms with van der Waals surface area (Å²) in [5.41, 5.74) is 7.02. The number of imidazole rings is 2. The molecular formula is C43H42F3N13OS. The number of halogens is 3. The van der Waals surface area contributed by atoms with Crippen molar-refractivity contribution in [2.45, 2.75) is 59.7 Å². The highest BCUT2D eigenvalue weighted by Gasteiger charge is 2.35. The second-order valence-corrected chi connectivity index (χ2v) is 15.2. The third-order valence-electron chi connectivity index (χ3n) is 10.8. The van der Waals surface area contributed by atoms with Gasteiger partial charge in [-0.1, -0.05) is 12.1 Å². The molecule has 3 saturated heterocycles. The number of ether oxygens (including phenoxy) is 1. The standard InChI is InChI=1S/C25H26FN7O.C18H14F2N6.H2S/c1-15-23-25(30-16(2)29-15)33(24(31-23)19-9-20(26)12-27-11-19)13-17-3-4-22(28-10-17)34-21-14-32-7-5-18(21)6-8-32;1-10-16-18(24-11(2)23-10)26(9-12-3-4-15(20)22-6-12)17(25-16)13-5-14(19)8-21-7-13;/h3-4,9-12,18,21H,5-8,13-14H2,1-2H3;3-8H,9H2,1-2H3;1H2/t21-;;/m1../s1. The maximum Gasteiger partial charge on any atom is 0.213 e. The Labute approximate surface area is 355 Å². The fourth-order valence-electron chi connectivity index (χ4n) is 8.00. The predicted molar refractivity (Wildman–Crippen MR) is 227 cm³/mol. The Balaban J connectivity index is 0.000000172. The fraction of sp³-hybridized carbons (Fsp3) is 0.302. The maximum absolute atomic E-state index is 13.9. The molecule has 0 amide bonds. The molecule has 0 saturated carbocycles. The molecule has 18 heteroatoms. The van der Waals surface area contributed by atoms with Crippen molar-refractivity contribution in [3.8, 4) is 28.7 Å². The minimum absolute atomic E-state index is 0. The lowest BCUT2D eigenvalue weighted by Gasteiger charge is -2.44. The third-order valence-corrected chi connectivity index (χ3v) is 10.8. The lowest BCUT2D eigenvalue weighted by atomic mass is 9.86. The van der Waals surface area contributed by atoms with Crippen molar-refractivity contribution < 1.29 is 17.9 Å². The molecule has 0 unspecified atom stereocenters. The first-order valence-electron chi connectivity index (χ1n) is 19.6. The van der Waals surface area contributed by atoms with E-state index in [9.17, 15) is 13.2 Å². The lowest BCUT2D eigenvalue weighted by Crippen LogP contribution is -2.52. The van der Waals surface area contributed by atoms with Crippen molar-refractivity contribution in [3.05, 3.63) is 125 Å². The number of hydrogen-bond acceptors (Lipinski definition) is 12. The van der Waals surface area contributed by atoms with E-state index in [-0.39, 0.29) is 19.6 Å². The molecule has 0 radical (unpaired) electrons. The maximum atomic E-state index is 13.9. The van der Waals surface area contributed by atoms with Gasteiger partial charge in [0.05, 0.1) is 36.9 Å². The summed E-state index contributed by atoms with van der Waals surface area (Å²) >= 11 is 0. The Hall–Kier alpha value is -6.40. The van der Waals surface area contributed by atoms with Crippen LogP contribution in [-0.4, -0.2) is 89.6 Å². The van der Waals surface area contributed by atoms with E-state index in [1.54, 1.807) is 25.4 Å². The van der Waals surface area contributed by atoms with Gasteiger partial charge in [-0.05, 0) is 88.9 Å². The van der Waals surface area contributed by atoms with Gasteiger partial charge in [-0.25, -0.2) is 48.7 Å². The number of aryl methyl sites for hydroxylation is 4. The van der Waals surface area contributed by atoms with Gasteiger partial charge in [0, 0.05) is 48.5 Å². The largest absolute Gasteiger partial charge is 0.473 e. The summed E-state index contributed by atoms with van der Waals surface area (Å²) < 4.78 is 50.8. The van der Waals surface area contributed by atoms with Gasteiger partial charge >= 0.3 is 0 Å². The Morgan fingerprint density at radius 2 is 1.15 bits per heavy atom. The van der Waals surface area contributed by atoms with Crippen LogP contribution in [0, 0.1) is 51.2 Å². The number of fused-ring (bicyclic) bond motifs is 5. The van der Waals surface area contributed by atoms with E-state index in [0.717, 1.165) is 35.3 Å². The molecule has 61 heavy (non-hydrogen) atoms. The second kappa shape index (κ2) is 17.3. The summed E-state index contributed by atoms with van der Waals surface area (Å²) in [4.78, 5) is 46.0. The Morgan fingerprint density at radius 1 is 0.623 bits per heavy atom. The smallest absolute Gasteiger partial charge is 0.213 e. The van der Waals surface area contributed by atoms with Crippen LogP contribution < -0.4 is 4.74 Å². The van der Waals surface area contributed by atoms with E-state index in [1.165, 1.54) is 56.5 Å². The number of piperidine rings is 3. The van der Waals surface area contributed by atoms with Gasteiger partial charge in [0.1, 0.15) is 52.1 Å². The Bertz CT molecular complexity index is 2850. The molecule has 0 aromatic carbocycles. The van der Waals surface area contributed by atoms with E-state index in [0.29, 0.717) is 81.6 Å². The SMILES string of the molecule is Cc1nc(C)c2nc(-c3cncc(F)c3)n(Cc3ccc(F)nc3)c2n1.Cc1nc(C)c2nc(-c3cncc(F)c3)n(Cc3ccc(O[C@@H]4CN5CCC4CC5)nc3)c2n1.S. The van der Waals surface area contributed by atoms with Crippen LogP contribution in [0.5, 0.6) is 5.88 Å². The summed E-state index contributed by atoms with van der Waals surface area (Å²) in [6.07, 6.45) is 11.4. The summed E-state index contributed by atoms with van der Waals surface area (Å²) in [5, 5.41) is 0. The number of rotatable bonds is 8. The van der Waals surface area contributed by atoms with Crippen LogP contribution in [0.25, 0.3) is 45.1 Å². The van der Waals surface area contributed by atoms with Crippen LogP contribution >= 0.6 is 13.5 Å². The molecule has 1 atom stereocenters. The van der Waals surface area contributed by atoms with E-state index < -0.39 is 17.6 Å². The molecule has 8 aromatic heterocycles. The third kappa shape index (κ3) is 8.77. The number of hydrogen-bond donors (Lipinski definition) is 0. The number of pyridine rings is 4. The first-order chi connectivity index (χ1) is 29.0. The Morgan fingerprint density at radius 3 is 1.59 bits per heavy atom. The topological polar surface area (TPSA) is 151 Å². The van der Waals surface area contributed by atoms with Crippen LogP contribution in [0.1, 0.15) is 47.0 Å². The summed E-state index contributed by atoms with van der Waals surface area (Å²) in [6.45, 7) is 11.6. The van der Waals surface area contributed by atoms with Gasteiger partial charge in [0.25, 0.3) is 0 Å². The minimum atomic E-state index is -0.548. The van der Waals surface area contributed by atoms with E-state index in [1.807, 2.05) is 48.2 Å². The molecule has 2 bridgehead atoms. The van der Waals surface area contributed by atoms with Crippen LogP contribution in [0.15, 0.2) is 73.6 Å². The molecule has 14 nitrogen and oxygen atoms in total. The predicted octanol–water partition coefficient (Wildman–Crippen LogP) is 6.90. The van der Waals surface area contributed by atoms with Gasteiger partial charge in [0.15, 0.2) is 11.3 Å². The molecular weight excluding hydrogens is 804 g/mol. The van der Waals surface area contributed by atoms with Crippen molar-refractivity contribution >= 4 is 35.8 Å². The highest BCUT2D eigenvalue weighted by Crippen LogP contribution is 2.31. The van der Waals surface area contributed by atoms with Crippen LogP contribution in [-0.2, 0) is 13.1 Å². The average molecular weight is 846 g/mol. The quantitative estimate of drug-likeness (QED) is 0.146. The molecule has 11 rings (SSSR count). The van der Waals surface area contributed by atoms with E-state index in [2.05, 4.69) is 49.8 Å². The summed E-state index contributed by atoms with van der Waals surface area (Å²) in [7, 11) is 0. The van der Waals surface area contributed by atoms with Crippen LogP contribution in [0.3, 0.4) is 0 Å². The number of nitrogens with zero attached hydrogens (tertiary/aromatic N) is 13. The zero-order valence-electron chi connectivity index (χ0n) is 33.9. The normalized spacial score (nSPS) is 16.9. The van der Waals surface area contributed by atoms with Crippen molar-refractivity contribution in [2.24, 2.45) is 5.92 Å². The summed E-state index contributed by atoms with van der Waals surface area (Å²) in [6, 6.07) is 9.68. The molecule has 0 N–H and O–H groups in total. The van der Waals surface area contributed by atoms with Crippen LogP contribution in [0.2, 0.25) is 0 Å². The number of aromatic nitrogens is 12. The highest BCUT2D eigenvalue weighted by molar-refractivity contribution is 7.59. The summed E-state index contributed by atoms with van der Waals surface area (Å²) in [5.74, 6) is 2.24. The molecule has 3 aliphatic heterocycles. The average Bonchev–Trinajstić information content (AvgIpc) is 3.78. The zero-order valence-corrected chi connectivity index (χ0v) is 34.9. The van der Waals surface area contributed by atoms with Gasteiger partial charge < -0.3 is 13.9 Å². The van der Waals surface area contributed by atoms with Crippen molar-refractivity contribution in [3.63, 3.8) is 0 Å². The molecule has 8 aromatic rings. The molecule has 3 aliphatic rings. The molecule has 312 valence electrons. The van der Waals surface area contributed by atoms with Gasteiger partial charge in [-0.2, -0.15) is 17.9 Å². The minimum Gasteiger partial charge on any atom is -0.473 e. The molecule has 3 fully saturated rings. The zero-order chi connectivity index (χ0) is 41.5. The Kier molecular flexibility index (Phi) is 11.7. The fourth-order valence-corrected chi connectivity index (χ4v) is 8.00. The monoisotopic (exact) mass is 845 g/mol. The lowest BCUT2D eigenvalue weighted by molar-refractivity contribution is -0.00994. The van der Waals surface area contributed by atoms with Crippen molar-refractivity contribution in [1.29, 1.82) is 0 Å². The second-order valence-electron chi connectivity index (χ2n) is 15.2. The van der Waals surface area contributed by atoms with E-state index >= 15 is 0 Å². The molecule has 0 aliphatic carbocycles. The van der Waals surface area contributed by atoms with E-state index in [4.69, 9.17) is 9.72 Å². The molecule has 0 spiro atoms. The molecule has 11 heterocycles. The van der Waals surface area contributed by atoms with Crippen molar-refractivity contribution in [2.75, 3.05) is 19.6 Å². The highest BCUT2D eigenvalue weighted by atomic mass is 32.1. The van der Waals surface area contributed by atoms with Crippen LogP contribution in [0.4, 0.5) is 13.2 Å². The first-order valence-corrected chi connectivity index (χ1v) is 19.6. The first kappa shape index (κ1) is 41.3. The van der Waals surface area contributed by atoms with Gasteiger partial charge in [0.2, 0.25) is 11.8 Å². The van der Waals surface area contributed by atoms with Crippen molar-refractivity contribution in [1.82, 2.24) is 63.9 Å². The van der Waals surface area contributed by atoms with Gasteiger partial charge in [-0.3, -0.25) is 14.9 Å².